The largest absolute Gasteiger partial charge is 0.494 e. The minimum Gasteiger partial charge on any atom is -0.494 e. The van der Waals surface area contributed by atoms with Crippen LogP contribution in [0.3, 0.4) is 0 Å². The summed E-state index contributed by atoms with van der Waals surface area (Å²) in [6.07, 6.45) is 6.25. The van der Waals surface area contributed by atoms with Crippen LogP contribution in [0.2, 0.25) is 0 Å². The summed E-state index contributed by atoms with van der Waals surface area (Å²) >= 11 is 0. The standard InChI is InChI=1S/C26H33FN2O3/c1-20(26(31)28-23-9-4-2-5-10-23)29(19-21-14-16-22(27)17-15-21)25(30)13-8-18-32-24-11-6-3-7-12-24/h3,6-7,11-12,14-17,20,23H,2,4-5,8-10,13,18-19H2,1H3,(H,28,31)/t20-/m1/s1. The highest BCUT2D eigenvalue weighted by molar-refractivity contribution is 5.87. The average molecular weight is 441 g/mol. The van der Waals surface area contributed by atoms with Gasteiger partial charge >= 0.3 is 0 Å². The molecule has 0 aliphatic heterocycles. The lowest BCUT2D eigenvalue weighted by Crippen LogP contribution is -2.50. The van der Waals surface area contributed by atoms with E-state index in [4.69, 9.17) is 4.74 Å². The van der Waals surface area contributed by atoms with Crippen LogP contribution in [0, 0.1) is 5.82 Å². The Hall–Kier alpha value is -2.89. The zero-order valence-electron chi connectivity index (χ0n) is 18.8. The molecule has 0 saturated heterocycles. The lowest BCUT2D eigenvalue weighted by molar-refractivity contribution is -0.141. The van der Waals surface area contributed by atoms with Crippen LogP contribution >= 0.6 is 0 Å². The monoisotopic (exact) mass is 440 g/mol. The Morgan fingerprint density at radius 2 is 1.75 bits per heavy atom. The molecule has 0 bridgehead atoms. The number of hydrogen-bond acceptors (Lipinski definition) is 3. The summed E-state index contributed by atoms with van der Waals surface area (Å²) in [5.41, 5.74) is 0.789. The Morgan fingerprint density at radius 3 is 2.44 bits per heavy atom. The highest BCUT2D eigenvalue weighted by atomic mass is 19.1. The number of carbonyl (C=O) groups excluding carboxylic acids is 2. The lowest BCUT2D eigenvalue weighted by Gasteiger charge is -2.31. The Labute approximate surface area is 190 Å². The van der Waals surface area contributed by atoms with Crippen LogP contribution in [0.25, 0.3) is 0 Å². The first-order valence-electron chi connectivity index (χ1n) is 11.5. The first-order valence-corrected chi connectivity index (χ1v) is 11.5. The first-order chi connectivity index (χ1) is 15.5. The molecular weight excluding hydrogens is 407 g/mol. The molecule has 1 N–H and O–H groups in total. The number of ether oxygens (including phenoxy) is 1. The van der Waals surface area contributed by atoms with Gasteiger partial charge in [-0.25, -0.2) is 4.39 Å². The molecule has 5 nitrogen and oxygen atoms in total. The fourth-order valence-corrected chi connectivity index (χ4v) is 4.01. The smallest absolute Gasteiger partial charge is 0.242 e. The highest BCUT2D eigenvalue weighted by Gasteiger charge is 2.27. The number of para-hydroxylation sites is 1. The average Bonchev–Trinajstić information content (AvgIpc) is 2.82. The van der Waals surface area contributed by atoms with Gasteiger partial charge in [0, 0.05) is 19.0 Å². The number of nitrogens with zero attached hydrogens (tertiary/aromatic N) is 1. The maximum absolute atomic E-state index is 13.3. The Kier molecular flexibility index (Phi) is 9.08. The van der Waals surface area contributed by atoms with E-state index in [-0.39, 0.29) is 36.6 Å². The van der Waals surface area contributed by atoms with E-state index in [1.165, 1.54) is 18.6 Å². The van der Waals surface area contributed by atoms with Crippen LogP contribution in [-0.4, -0.2) is 35.4 Å². The maximum Gasteiger partial charge on any atom is 0.242 e. The SMILES string of the molecule is C[C@H](C(=O)NC1CCCCC1)N(Cc1ccc(F)cc1)C(=O)CCCOc1ccccc1. The summed E-state index contributed by atoms with van der Waals surface area (Å²) in [6, 6.07) is 15.1. The third-order valence-corrected chi connectivity index (χ3v) is 5.93. The third-order valence-electron chi connectivity index (χ3n) is 5.93. The zero-order chi connectivity index (χ0) is 22.8. The number of halogens is 1. The maximum atomic E-state index is 13.3. The van der Waals surface area contributed by atoms with E-state index in [0.717, 1.165) is 37.0 Å². The Morgan fingerprint density at radius 1 is 1.06 bits per heavy atom. The fraction of sp³-hybridized carbons (Fsp3) is 0.462. The summed E-state index contributed by atoms with van der Waals surface area (Å²) in [7, 11) is 0. The molecule has 6 heteroatoms. The van der Waals surface area contributed by atoms with Gasteiger partial charge in [0.05, 0.1) is 6.61 Å². The highest BCUT2D eigenvalue weighted by Crippen LogP contribution is 2.19. The van der Waals surface area contributed by atoms with Gasteiger partial charge in [0.15, 0.2) is 0 Å². The summed E-state index contributed by atoms with van der Waals surface area (Å²) in [5.74, 6) is 0.196. The van der Waals surface area contributed by atoms with E-state index >= 15 is 0 Å². The zero-order valence-corrected chi connectivity index (χ0v) is 18.8. The van der Waals surface area contributed by atoms with Crippen molar-refractivity contribution in [2.45, 2.75) is 70.5 Å². The molecule has 2 amide bonds. The molecule has 3 rings (SSSR count). The van der Waals surface area contributed by atoms with Crippen molar-refractivity contribution < 1.29 is 18.7 Å². The Bertz CT molecular complexity index is 851. The number of nitrogens with one attached hydrogen (secondary N) is 1. The summed E-state index contributed by atoms with van der Waals surface area (Å²) in [5, 5.41) is 3.12. The second-order valence-electron chi connectivity index (χ2n) is 8.43. The van der Waals surface area contributed by atoms with Gasteiger partial charge < -0.3 is 15.0 Å². The first kappa shape index (κ1) is 23.8. The molecule has 1 saturated carbocycles. The number of benzene rings is 2. The predicted octanol–water partition coefficient (Wildman–Crippen LogP) is 4.85. The second-order valence-corrected chi connectivity index (χ2v) is 8.43. The molecule has 1 aliphatic rings. The van der Waals surface area contributed by atoms with Crippen molar-refractivity contribution >= 4 is 11.8 Å². The number of carbonyl (C=O) groups is 2. The van der Waals surface area contributed by atoms with Crippen molar-refractivity contribution in [2.24, 2.45) is 0 Å². The van der Waals surface area contributed by atoms with Gasteiger partial charge in [-0.15, -0.1) is 0 Å². The second kappa shape index (κ2) is 12.2. The number of hydrogen-bond donors (Lipinski definition) is 1. The van der Waals surface area contributed by atoms with Crippen molar-refractivity contribution in [3.8, 4) is 5.75 Å². The van der Waals surface area contributed by atoms with Gasteiger partial charge in [0.2, 0.25) is 11.8 Å². The van der Waals surface area contributed by atoms with Crippen LogP contribution in [0.5, 0.6) is 5.75 Å². The molecule has 0 radical (unpaired) electrons. The van der Waals surface area contributed by atoms with Gasteiger partial charge in [0.1, 0.15) is 17.6 Å². The molecule has 2 aromatic carbocycles. The molecule has 2 aromatic rings. The van der Waals surface area contributed by atoms with E-state index in [9.17, 15) is 14.0 Å². The lowest BCUT2D eigenvalue weighted by atomic mass is 9.95. The van der Waals surface area contributed by atoms with Gasteiger partial charge in [-0.05, 0) is 56.0 Å². The van der Waals surface area contributed by atoms with Crippen LogP contribution in [0.15, 0.2) is 54.6 Å². The van der Waals surface area contributed by atoms with Crippen LogP contribution in [-0.2, 0) is 16.1 Å². The van der Waals surface area contributed by atoms with Crippen molar-refractivity contribution in [3.63, 3.8) is 0 Å². The molecule has 0 heterocycles. The van der Waals surface area contributed by atoms with E-state index < -0.39 is 6.04 Å². The van der Waals surface area contributed by atoms with Crippen LogP contribution < -0.4 is 10.1 Å². The van der Waals surface area contributed by atoms with Crippen molar-refractivity contribution in [1.29, 1.82) is 0 Å². The van der Waals surface area contributed by atoms with Crippen LogP contribution in [0.4, 0.5) is 4.39 Å². The molecule has 1 fully saturated rings. The molecule has 32 heavy (non-hydrogen) atoms. The molecule has 1 aliphatic carbocycles. The third kappa shape index (κ3) is 7.36. The van der Waals surface area contributed by atoms with Crippen LogP contribution in [0.1, 0.15) is 57.4 Å². The fourth-order valence-electron chi connectivity index (χ4n) is 4.01. The number of amides is 2. The minimum atomic E-state index is -0.607. The quantitative estimate of drug-likeness (QED) is 0.537. The molecule has 0 spiro atoms. The van der Waals surface area contributed by atoms with Gasteiger partial charge in [0.25, 0.3) is 0 Å². The van der Waals surface area contributed by atoms with Gasteiger partial charge in [-0.2, -0.15) is 0 Å². The van der Waals surface area contributed by atoms with E-state index in [0.29, 0.717) is 13.0 Å². The molecular formula is C26H33FN2O3. The molecule has 172 valence electrons. The van der Waals surface area contributed by atoms with Gasteiger partial charge in [-0.3, -0.25) is 9.59 Å². The summed E-state index contributed by atoms with van der Waals surface area (Å²) < 4.78 is 19.0. The van der Waals surface area contributed by atoms with E-state index in [2.05, 4.69) is 5.32 Å². The Balaban J connectivity index is 1.59. The normalized spacial score (nSPS) is 15.1. The van der Waals surface area contributed by atoms with Gasteiger partial charge in [-0.1, -0.05) is 49.6 Å². The summed E-state index contributed by atoms with van der Waals surface area (Å²) in [4.78, 5) is 27.6. The van der Waals surface area contributed by atoms with E-state index in [1.807, 2.05) is 30.3 Å². The van der Waals surface area contributed by atoms with Crippen molar-refractivity contribution in [2.75, 3.05) is 6.61 Å². The van der Waals surface area contributed by atoms with E-state index in [1.54, 1.807) is 24.0 Å². The van der Waals surface area contributed by atoms with Crippen molar-refractivity contribution in [3.05, 3.63) is 66.0 Å². The molecule has 0 unspecified atom stereocenters. The topological polar surface area (TPSA) is 58.6 Å². The predicted molar refractivity (Wildman–Crippen MR) is 123 cm³/mol. The van der Waals surface area contributed by atoms with Crippen molar-refractivity contribution in [1.82, 2.24) is 10.2 Å². The minimum absolute atomic E-state index is 0.114. The molecule has 0 aromatic heterocycles. The molecule has 1 atom stereocenters. The number of rotatable bonds is 10. The summed E-state index contributed by atoms with van der Waals surface area (Å²) in [6.45, 7) is 2.45.